The highest BCUT2D eigenvalue weighted by atomic mass is 16.5. The first kappa shape index (κ1) is 9.01. The van der Waals surface area contributed by atoms with E-state index < -0.39 is 0 Å². The van der Waals surface area contributed by atoms with E-state index >= 15 is 0 Å². The van der Waals surface area contributed by atoms with E-state index in [-0.39, 0.29) is 0 Å². The number of hydrogen-bond donors (Lipinski definition) is 1. The van der Waals surface area contributed by atoms with Crippen LogP contribution in [-0.2, 0) is 4.74 Å². The van der Waals surface area contributed by atoms with Crippen LogP contribution >= 0.6 is 0 Å². The second-order valence-electron chi connectivity index (χ2n) is 4.38. The highest BCUT2D eigenvalue weighted by Gasteiger charge is 2.33. The largest absolute Gasteiger partial charge is 0.494 e. The molecule has 1 N–H and O–H groups in total. The summed E-state index contributed by atoms with van der Waals surface area (Å²) in [6, 6.07) is 0.661. The number of fused-ring (bicyclic) bond motifs is 2. The van der Waals surface area contributed by atoms with E-state index in [1.54, 1.807) is 0 Å². The molecular weight excluding hydrogens is 188 g/mol. The van der Waals surface area contributed by atoms with Crippen molar-refractivity contribution in [1.82, 2.24) is 5.32 Å². The average molecular weight is 204 g/mol. The fourth-order valence-electron chi connectivity index (χ4n) is 2.55. The lowest BCUT2D eigenvalue weighted by Crippen LogP contribution is -2.35. The predicted octanol–water partition coefficient (Wildman–Crippen LogP) is 1.77. The van der Waals surface area contributed by atoms with Crippen LogP contribution in [0.25, 0.3) is 0 Å². The summed E-state index contributed by atoms with van der Waals surface area (Å²) >= 11 is 0. The molecule has 0 aromatic carbocycles. The minimum absolute atomic E-state index is 0.295. The van der Waals surface area contributed by atoms with Gasteiger partial charge in [-0.25, -0.2) is 0 Å². The molecule has 3 rings (SSSR count). The predicted molar refractivity (Wildman–Crippen MR) is 59.8 cm³/mol. The monoisotopic (exact) mass is 204 g/mol. The first-order valence-electron chi connectivity index (χ1n) is 5.69. The molecule has 0 saturated heterocycles. The number of aliphatic imine (C=N–C) groups is 1. The molecule has 0 radical (unpaired) electrons. The maximum absolute atomic E-state index is 5.75. The quantitative estimate of drug-likeness (QED) is 0.652. The molecule has 80 valence electrons. The summed E-state index contributed by atoms with van der Waals surface area (Å²) in [7, 11) is 0. The van der Waals surface area contributed by atoms with E-state index in [1.165, 1.54) is 12.0 Å². The van der Waals surface area contributed by atoms with E-state index in [0.29, 0.717) is 12.1 Å². The molecular formula is C12H16N2O. The topological polar surface area (TPSA) is 33.6 Å². The molecule has 0 spiro atoms. The number of hydrogen-bond acceptors (Lipinski definition) is 3. The van der Waals surface area contributed by atoms with Gasteiger partial charge in [0.1, 0.15) is 11.8 Å². The Labute approximate surface area is 89.9 Å². The maximum Gasteiger partial charge on any atom is 0.120 e. The highest BCUT2D eigenvalue weighted by molar-refractivity contribution is 5.83. The van der Waals surface area contributed by atoms with Crippen molar-refractivity contribution in [1.29, 1.82) is 0 Å². The lowest BCUT2D eigenvalue weighted by Gasteiger charge is -2.23. The molecule has 0 aromatic heterocycles. The van der Waals surface area contributed by atoms with E-state index in [2.05, 4.69) is 22.5 Å². The Morgan fingerprint density at radius 3 is 3.33 bits per heavy atom. The second kappa shape index (κ2) is 3.40. The van der Waals surface area contributed by atoms with Gasteiger partial charge >= 0.3 is 0 Å². The molecule has 3 heteroatoms. The fourth-order valence-corrected chi connectivity index (χ4v) is 2.55. The van der Waals surface area contributed by atoms with Gasteiger partial charge in [-0.2, -0.15) is 0 Å². The Balaban J connectivity index is 1.96. The number of allylic oxidation sites excluding steroid dienone is 1. The number of nitrogens with zero attached hydrogens (tertiary/aromatic N) is 1. The lowest BCUT2D eigenvalue weighted by molar-refractivity contribution is 0.221. The second-order valence-corrected chi connectivity index (χ2v) is 4.38. The summed E-state index contributed by atoms with van der Waals surface area (Å²) in [6.45, 7) is 2.89. The van der Waals surface area contributed by atoms with Gasteiger partial charge in [0, 0.05) is 0 Å². The van der Waals surface area contributed by atoms with Gasteiger partial charge in [-0.3, -0.25) is 4.99 Å². The van der Waals surface area contributed by atoms with Gasteiger partial charge in [0.2, 0.25) is 0 Å². The van der Waals surface area contributed by atoms with Crippen LogP contribution in [0.3, 0.4) is 0 Å². The lowest BCUT2D eigenvalue weighted by atomic mass is 9.91. The van der Waals surface area contributed by atoms with Gasteiger partial charge in [0.15, 0.2) is 0 Å². The third kappa shape index (κ3) is 1.46. The zero-order valence-corrected chi connectivity index (χ0v) is 8.99. The third-order valence-electron chi connectivity index (χ3n) is 3.27. The van der Waals surface area contributed by atoms with E-state index in [9.17, 15) is 0 Å². The molecule has 1 aliphatic carbocycles. The Hall–Kier alpha value is -1.25. The zero-order chi connectivity index (χ0) is 10.3. The summed E-state index contributed by atoms with van der Waals surface area (Å²) in [6.07, 6.45) is 7.82. The molecule has 0 amide bonds. The van der Waals surface area contributed by atoms with Crippen LogP contribution in [-0.4, -0.2) is 24.5 Å². The molecule has 3 aliphatic rings. The van der Waals surface area contributed by atoms with E-state index in [1.807, 2.05) is 6.92 Å². The van der Waals surface area contributed by atoms with Crippen molar-refractivity contribution >= 4 is 5.84 Å². The molecule has 3 nitrogen and oxygen atoms in total. The van der Waals surface area contributed by atoms with Crippen LogP contribution in [0.2, 0.25) is 0 Å². The van der Waals surface area contributed by atoms with Gasteiger partial charge in [-0.05, 0) is 37.8 Å². The van der Waals surface area contributed by atoms with Crippen LogP contribution in [0.5, 0.6) is 0 Å². The highest BCUT2D eigenvalue weighted by Crippen LogP contribution is 2.31. The molecule has 0 saturated carbocycles. The molecule has 2 unspecified atom stereocenters. The minimum atomic E-state index is 0.295. The number of amidine groups is 1. The van der Waals surface area contributed by atoms with Crippen molar-refractivity contribution in [3.8, 4) is 0 Å². The van der Waals surface area contributed by atoms with Gasteiger partial charge in [-0.1, -0.05) is 6.08 Å². The Morgan fingerprint density at radius 2 is 2.40 bits per heavy atom. The van der Waals surface area contributed by atoms with Crippen molar-refractivity contribution in [3.63, 3.8) is 0 Å². The molecule has 2 heterocycles. The normalized spacial score (nSPS) is 33.5. The van der Waals surface area contributed by atoms with Crippen molar-refractivity contribution in [2.45, 2.75) is 38.3 Å². The average Bonchev–Trinajstić information content (AvgIpc) is 2.48. The van der Waals surface area contributed by atoms with Gasteiger partial charge in [0.25, 0.3) is 0 Å². The molecule has 2 aliphatic heterocycles. The standard InChI is InChI=1S/C12H16N2O/c1-8-13-10-5-6-11-9(12(10)14-8)4-2-3-7-15-11/h5-6,10,12H,2-4,7H2,1H3,(H,13,14). The Bertz CT molecular complexity index is 368. The third-order valence-corrected chi connectivity index (χ3v) is 3.27. The van der Waals surface area contributed by atoms with Crippen LogP contribution in [0.4, 0.5) is 0 Å². The molecule has 2 atom stereocenters. The van der Waals surface area contributed by atoms with Crippen LogP contribution in [0.15, 0.2) is 28.5 Å². The number of ether oxygens (including phenoxy) is 1. The molecule has 15 heavy (non-hydrogen) atoms. The van der Waals surface area contributed by atoms with Crippen LogP contribution in [0.1, 0.15) is 26.2 Å². The van der Waals surface area contributed by atoms with Crippen molar-refractivity contribution in [2.75, 3.05) is 6.61 Å². The Morgan fingerprint density at radius 1 is 1.47 bits per heavy atom. The van der Waals surface area contributed by atoms with Crippen molar-refractivity contribution in [3.05, 3.63) is 23.5 Å². The Kier molecular flexibility index (Phi) is 2.04. The summed E-state index contributed by atoms with van der Waals surface area (Å²) in [5.41, 5.74) is 1.39. The summed E-state index contributed by atoms with van der Waals surface area (Å²) in [5.74, 6) is 2.13. The smallest absolute Gasteiger partial charge is 0.120 e. The fraction of sp³-hybridized carbons (Fsp3) is 0.583. The zero-order valence-electron chi connectivity index (χ0n) is 8.99. The first-order chi connectivity index (χ1) is 7.34. The summed E-state index contributed by atoms with van der Waals surface area (Å²) in [5, 5.41) is 3.38. The van der Waals surface area contributed by atoms with Gasteiger partial charge < -0.3 is 10.1 Å². The summed E-state index contributed by atoms with van der Waals surface area (Å²) < 4.78 is 5.75. The van der Waals surface area contributed by atoms with Crippen LogP contribution in [0, 0.1) is 0 Å². The summed E-state index contributed by atoms with van der Waals surface area (Å²) in [4.78, 5) is 4.65. The molecule has 0 bridgehead atoms. The number of rotatable bonds is 0. The van der Waals surface area contributed by atoms with Crippen molar-refractivity contribution < 1.29 is 4.74 Å². The molecule has 0 aromatic rings. The first-order valence-corrected chi connectivity index (χ1v) is 5.69. The van der Waals surface area contributed by atoms with Crippen LogP contribution < -0.4 is 5.32 Å². The SMILES string of the molecule is CC1=NC2C3=C(C=CC2N1)OCCCC3. The van der Waals surface area contributed by atoms with Gasteiger partial charge in [0.05, 0.1) is 18.5 Å². The molecule has 0 fully saturated rings. The number of nitrogens with one attached hydrogen (secondary N) is 1. The van der Waals surface area contributed by atoms with Gasteiger partial charge in [-0.15, -0.1) is 0 Å². The van der Waals surface area contributed by atoms with E-state index in [4.69, 9.17) is 4.74 Å². The maximum atomic E-state index is 5.75. The minimum Gasteiger partial charge on any atom is -0.494 e. The van der Waals surface area contributed by atoms with Crippen molar-refractivity contribution in [2.24, 2.45) is 4.99 Å². The van der Waals surface area contributed by atoms with E-state index in [0.717, 1.165) is 31.0 Å².